The zero-order valence-corrected chi connectivity index (χ0v) is 17.2. The lowest BCUT2D eigenvalue weighted by Gasteiger charge is -2.17. The van der Waals surface area contributed by atoms with Crippen LogP contribution in [0.5, 0.6) is 11.5 Å². The number of aromatic nitrogens is 1. The highest BCUT2D eigenvalue weighted by Gasteiger charge is 2.25. The fourth-order valence-corrected chi connectivity index (χ4v) is 4.30. The maximum Gasteiger partial charge on any atom is 0.229 e. The third kappa shape index (κ3) is 2.98. The van der Waals surface area contributed by atoms with E-state index in [2.05, 4.69) is 0 Å². The number of nitrogens with zero attached hydrogens (tertiary/aromatic N) is 1. The van der Waals surface area contributed by atoms with Crippen LogP contribution in [-0.2, 0) is 12.8 Å². The van der Waals surface area contributed by atoms with Gasteiger partial charge in [0.15, 0.2) is 0 Å². The van der Waals surface area contributed by atoms with Crippen molar-refractivity contribution < 1.29 is 13.9 Å². The van der Waals surface area contributed by atoms with Gasteiger partial charge in [0.25, 0.3) is 0 Å². The van der Waals surface area contributed by atoms with Gasteiger partial charge >= 0.3 is 0 Å². The molecule has 1 aliphatic carbocycles. The van der Waals surface area contributed by atoms with E-state index < -0.39 is 0 Å². The highest BCUT2D eigenvalue weighted by atomic mass is 16.5. The monoisotopic (exact) mass is 400 g/mol. The van der Waals surface area contributed by atoms with Crippen molar-refractivity contribution >= 4 is 16.8 Å². The van der Waals surface area contributed by atoms with Gasteiger partial charge in [-0.05, 0) is 73.2 Å². The number of aryl methyl sites for hydroxylation is 1. The van der Waals surface area contributed by atoms with Crippen molar-refractivity contribution in [2.24, 2.45) is 0 Å². The van der Waals surface area contributed by atoms with Crippen LogP contribution in [-0.4, -0.2) is 19.2 Å². The molecule has 0 bridgehead atoms. The number of ether oxygens (including phenoxy) is 2. The molecular weight excluding hydrogens is 376 g/mol. The summed E-state index contributed by atoms with van der Waals surface area (Å²) in [6.45, 7) is 0. The molecule has 30 heavy (non-hydrogen) atoms. The molecule has 0 aliphatic heterocycles. The number of rotatable bonds is 4. The molecular formula is C25H24N2O3. The molecule has 0 unspecified atom stereocenters. The van der Waals surface area contributed by atoms with Crippen molar-refractivity contribution in [1.82, 2.24) is 4.98 Å². The summed E-state index contributed by atoms with van der Waals surface area (Å²) in [6, 6.07) is 15.8. The number of nitrogens with two attached hydrogens (primary N) is 1. The van der Waals surface area contributed by atoms with E-state index in [1.54, 1.807) is 14.2 Å². The fourth-order valence-electron chi connectivity index (χ4n) is 4.30. The van der Waals surface area contributed by atoms with Gasteiger partial charge in [-0.25, -0.2) is 4.98 Å². The third-order valence-corrected chi connectivity index (χ3v) is 5.89. The molecule has 0 fully saturated rings. The van der Waals surface area contributed by atoms with Crippen LogP contribution in [0.4, 0.5) is 5.69 Å². The second kappa shape index (κ2) is 7.41. The highest BCUT2D eigenvalue weighted by Crippen LogP contribution is 2.45. The van der Waals surface area contributed by atoms with Crippen LogP contribution in [0.3, 0.4) is 0 Å². The lowest BCUT2D eigenvalue weighted by atomic mass is 9.91. The Bertz CT molecular complexity index is 1210. The summed E-state index contributed by atoms with van der Waals surface area (Å²) in [5.74, 6) is 2.37. The maximum atomic E-state index is 6.73. The first-order chi connectivity index (χ1) is 14.7. The quantitative estimate of drug-likeness (QED) is 0.480. The maximum absolute atomic E-state index is 6.73. The molecule has 4 aromatic rings. The molecule has 0 saturated heterocycles. The molecule has 0 spiro atoms. The molecule has 5 rings (SSSR count). The van der Waals surface area contributed by atoms with Crippen molar-refractivity contribution in [2.75, 3.05) is 20.0 Å². The van der Waals surface area contributed by atoms with Crippen molar-refractivity contribution in [3.05, 3.63) is 59.8 Å². The van der Waals surface area contributed by atoms with Gasteiger partial charge in [-0.15, -0.1) is 0 Å². The minimum absolute atomic E-state index is 0.602. The normalized spacial score (nSPS) is 13.3. The Balaban J connectivity index is 1.79. The van der Waals surface area contributed by atoms with Gasteiger partial charge in [0, 0.05) is 16.8 Å². The Morgan fingerprint density at radius 2 is 1.43 bits per heavy atom. The molecule has 5 heteroatoms. The van der Waals surface area contributed by atoms with Crippen LogP contribution in [0.15, 0.2) is 52.9 Å². The lowest BCUT2D eigenvalue weighted by Crippen LogP contribution is -2.09. The first-order valence-electron chi connectivity index (χ1n) is 10.2. The standard InChI is InChI=1S/C25H24N2O3/c1-28-17-11-7-15(8-12-17)21-22-23(26)19-5-3-4-6-20(19)27-25(22)30-24(21)16-9-13-18(29-2)14-10-16/h7-14H,3-6H2,1-2H3,(H2,26,27). The van der Waals surface area contributed by atoms with E-state index >= 15 is 0 Å². The first-order valence-corrected chi connectivity index (χ1v) is 10.2. The number of methoxy groups -OCH3 is 2. The van der Waals surface area contributed by atoms with Crippen LogP contribution in [0, 0.1) is 0 Å². The number of anilines is 1. The smallest absolute Gasteiger partial charge is 0.229 e. The second-order valence-electron chi connectivity index (χ2n) is 7.60. The highest BCUT2D eigenvalue weighted by molar-refractivity contribution is 6.07. The molecule has 1 aliphatic rings. The number of furan rings is 1. The lowest BCUT2D eigenvalue weighted by molar-refractivity contribution is 0.414. The van der Waals surface area contributed by atoms with E-state index in [9.17, 15) is 0 Å². The summed E-state index contributed by atoms with van der Waals surface area (Å²) in [5, 5.41) is 0.895. The Hall–Kier alpha value is -3.47. The van der Waals surface area contributed by atoms with E-state index in [1.165, 1.54) is 5.56 Å². The van der Waals surface area contributed by atoms with Crippen LogP contribution >= 0.6 is 0 Å². The van der Waals surface area contributed by atoms with Gasteiger partial charge in [0.05, 0.1) is 25.3 Å². The molecule has 2 aromatic heterocycles. The van der Waals surface area contributed by atoms with Crippen LogP contribution in [0.2, 0.25) is 0 Å². The number of pyridine rings is 1. The van der Waals surface area contributed by atoms with Gasteiger partial charge < -0.3 is 19.6 Å². The summed E-state index contributed by atoms with van der Waals surface area (Å²) >= 11 is 0. The van der Waals surface area contributed by atoms with Crippen LogP contribution < -0.4 is 15.2 Å². The minimum Gasteiger partial charge on any atom is -0.497 e. The van der Waals surface area contributed by atoms with E-state index in [0.717, 1.165) is 76.4 Å². The molecule has 2 heterocycles. The van der Waals surface area contributed by atoms with Gasteiger partial charge in [-0.1, -0.05) is 12.1 Å². The predicted octanol–water partition coefficient (Wildman–Crippen LogP) is 5.64. The first kappa shape index (κ1) is 18.6. The van der Waals surface area contributed by atoms with Crippen molar-refractivity contribution in [2.45, 2.75) is 25.7 Å². The summed E-state index contributed by atoms with van der Waals surface area (Å²) in [6.07, 6.45) is 4.20. The molecule has 5 nitrogen and oxygen atoms in total. The minimum atomic E-state index is 0.602. The molecule has 152 valence electrons. The van der Waals surface area contributed by atoms with Crippen LogP contribution in [0.25, 0.3) is 33.6 Å². The van der Waals surface area contributed by atoms with E-state index in [0.29, 0.717) is 5.71 Å². The summed E-state index contributed by atoms with van der Waals surface area (Å²) < 4.78 is 17.0. The molecule has 0 saturated carbocycles. The SMILES string of the molecule is COc1ccc(-c2oc3nc4c(c(N)c3c2-c2ccc(OC)cc2)CCCC4)cc1. The van der Waals surface area contributed by atoms with E-state index in [1.807, 2.05) is 48.5 Å². The second-order valence-corrected chi connectivity index (χ2v) is 7.60. The Morgan fingerprint density at radius 1 is 0.833 bits per heavy atom. The summed E-state index contributed by atoms with van der Waals surface area (Å²) in [7, 11) is 3.33. The molecule has 0 atom stereocenters. The number of nitrogen functional groups attached to an aromatic ring is 1. The number of hydrogen-bond acceptors (Lipinski definition) is 5. The molecule has 2 aromatic carbocycles. The van der Waals surface area contributed by atoms with Crippen molar-refractivity contribution in [1.29, 1.82) is 0 Å². The topological polar surface area (TPSA) is 70.5 Å². The van der Waals surface area contributed by atoms with Crippen molar-refractivity contribution in [3.8, 4) is 33.9 Å². The summed E-state index contributed by atoms with van der Waals surface area (Å²) in [5.41, 5.74) is 13.3. The molecule has 2 N–H and O–H groups in total. The Labute approximate surface area is 175 Å². The fraction of sp³-hybridized carbons (Fsp3) is 0.240. The average Bonchev–Trinajstić information content (AvgIpc) is 3.19. The van der Waals surface area contributed by atoms with Gasteiger partial charge in [-0.2, -0.15) is 0 Å². The van der Waals surface area contributed by atoms with Gasteiger partial charge in [0.1, 0.15) is 17.3 Å². The zero-order valence-electron chi connectivity index (χ0n) is 17.2. The number of hydrogen-bond donors (Lipinski definition) is 1. The zero-order chi connectivity index (χ0) is 20.7. The summed E-state index contributed by atoms with van der Waals surface area (Å²) in [4.78, 5) is 4.88. The Kier molecular flexibility index (Phi) is 4.58. The van der Waals surface area contributed by atoms with E-state index in [4.69, 9.17) is 24.6 Å². The van der Waals surface area contributed by atoms with Gasteiger partial charge in [0.2, 0.25) is 5.71 Å². The van der Waals surface area contributed by atoms with Crippen molar-refractivity contribution in [3.63, 3.8) is 0 Å². The number of fused-ring (bicyclic) bond motifs is 2. The third-order valence-electron chi connectivity index (χ3n) is 5.89. The van der Waals surface area contributed by atoms with Crippen LogP contribution in [0.1, 0.15) is 24.1 Å². The van der Waals surface area contributed by atoms with Gasteiger partial charge in [-0.3, -0.25) is 0 Å². The number of benzene rings is 2. The Morgan fingerprint density at radius 3 is 2.07 bits per heavy atom. The largest absolute Gasteiger partial charge is 0.497 e. The average molecular weight is 400 g/mol. The molecule has 0 radical (unpaired) electrons. The predicted molar refractivity (Wildman–Crippen MR) is 119 cm³/mol. The molecule has 0 amide bonds. The van der Waals surface area contributed by atoms with E-state index in [-0.39, 0.29) is 0 Å².